The fourth-order valence-electron chi connectivity index (χ4n) is 3.11. The topological polar surface area (TPSA) is 111 Å². The fraction of sp³-hybridized carbons (Fsp3) is 0.182. The van der Waals surface area contributed by atoms with Crippen LogP contribution >= 0.6 is 0 Å². The number of aromatic nitrogens is 2. The van der Waals surface area contributed by atoms with Gasteiger partial charge in [0.05, 0.1) is 35.9 Å². The van der Waals surface area contributed by atoms with Crippen molar-refractivity contribution in [2.75, 3.05) is 24.9 Å². The Labute approximate surface area is 177 Å². The molecule has 1 aromatic heterocycles. The lowest BCUT2D eigenvalue weighted by Crippen LogP contribution is -2.10. The Bertz CT molecular complexity index is 1260. The molecule has 9 nitrogen and oxygen atoms in total. The number of nitro groups is 1. The van der Waals surface area contributed by atoms with Crippen molar-refractivity contribution in [2.24, 2.45) is 0 Å². The van der Waals surface area contributed by atoms with Gasteiger partial charge in [-0.05, 0) is 36.8 Å². The summed E-state index contributed by atoms with van der Waals surface area (Å²) in [5, 5.41) is 17.6. The number of fused-ring (bicyclic) bond motifs is 1. The van der Waals surface area contributed by atoms with Crippen molar-refractivity contribution in [3.63, 3.8) is 0 Å². The van der Waals surface area contributed by atoms with Crippen molar-refractivity contribution in [3.05, 3.63) is 87.0 Å². The first kappa shape index (κ1) is 20.0. The van der Waals surface area contributed by atoms with E-state index >= 15 is 0 Å². The average molecular weight is 417 g/mol. The van der Waals surface area contributed by atoms with Crippen LogP contribution in [-0.2, 0) is 9.47 Å². The number of allylic oxidation sites excluding steroid dienone is 5. The van der Waals surface area contributed by atoms with Crippen molar-refractivity contribution < 1.29 is 14.4 Å². The number of benzene rings is 1. The number of nitrogens with zero attached hydrogens (tertiary/aromatic N) is 3. The van der Waals surface area contributed by atoms with Crippen LogP contribution in [0.4, 0.5) is 17.3 Å². The van der Waals surface area contributed by atoms with E-state index in [0.29, 0.717) is 34.1 Å². The molecular weight excluding hydrogens is 398 g/mol. The van der Waals surface area contributed by atoms with Gasteiger partial charge in [-0.3, -0.25) is 10.1 Å². The summed E-state index contributed by atoms with van der Waals surface area (Å²) in [6.07, 6.45) is 8.93. The Morgan fingerprint density at radius 2 is 1.84 bits per heavy atom. The first-order valence-electron chi connectivity index (χ1n) is 9.48. The number of nitrogens with one attached hydrogen (secondary N) is 2. The molecule has 31 heavy (non-hydrogen) atoms. The molecular formula is C22H19N5O4. The van der Waals surface area contributed by atoms with Crippen molar-refractivity contribution >= 4 is 28.4 Å². The zero-order chi connectivity index (χ0) is 21.8. The van der Waals surface area contributed by atoms with Crippen LogP contribution < -0.4 is 10.6 Å². The minimum absolute atomic E-state index is 0.0559. The summed E-state index contributed by atoms with van der Waals surface area (Å²) in [7, 11) is 3.18. The number of anilines is 2. The van der Waals surface area contributed by atoms with Gasteiger partial charge < -0.3 is 20.1 Å². The van der Waals surface area contributed by atoms with Gasteiger partial charge in [0.25, 0.3) is 5.69 Å². The maximum Gasteiger partial charge on any atom is 0.271 e. The van der Waals surface area contributed by atoms with Gasteiger partial charge >= 0.3 is 0 Å². The summed E-state index contributed by atoms with van der Waals surface area (Å²) in [6, 6.07) is 4.38. The van der Waals surface area contributed by atoms with E-state index in [-0.39, 0.29) is 5.69 Å². The molecule has 2 aliphatic carbocycles. The number of ether oxygens (including phenoxy) is 2. The molecule has 9 heteroatoms. The summed E-state index contributed by atoms with van der Waals surface area (Å²) in [4.78, 5) is 19.9. The van der Waals surface area contributed by atoms with Gasteiger partial charge in [0.1, 0.15) is 11.5 Å². The largest absolute Gasteiger partial charge is 0.497 e. The third kappa shape index (κ3) is 4.48. The highest BCUT2D eigenvalue weighted by Gasteiger charge is 2.16. The van der Waals surface area contributed by atoms with Crippen LogP contribution in [0.1, 0.15) is 12.8 Å². The molecule has 0 saturated carbocycles. The van der Waals surface area contributed by atoms with Gasteiger partial charge in [-0.25, -0.2) is 9.97 Å². The highest BCUT2D eigenvalue weighted by atomic mass is 16.6. The Morgan fingerprint density at radius 3 is 2.61 bits per heavy atom. The summed E-state index contributed by atoms with van der Waals surface area (Å²) in [6.45, 7) is 0. The Balaban J connectivity index is 1.77. The molecule has 0 unspecified atom stereocenters. The molecule has 0 atom stereocenters. The highest BCUT2D eigenvalue weighted by Crippen LogP contribution is 2.28. The molecule has 0 aliphatic heterocycles. The zero-order valence-corrected chi connectivity index (χ0v) is 16.9. The second-order valence-corrected chi connectivity index (χ2v) is 6.70. The van der Waals surface area contributed by atoms with Gasteiger partial charge in [-0.1, -0.05) is 5.73 Å². The van der Waals surface area contributed by atoms with E-state index in [1.165, 1.54) is 12.1 Å². The minimum Gasteiger partial charge on any atom is -0.497 e. The van der Waals surface area contributed by atoms with Crippen LogP contribution in [0, 0.1) is 10.1 Å². The number of hydrogen-bond donors (Lipinski definition) is 2. The van der Waals surface area contributed by atoms with E-state index in [1.807, 2.05) is 12.2 Å². The number of rotatable bonds is 7. The van der Waals surface area contributed by atoms with Crippen LogP contribution in [0.15, 0.2) is 76.9 Å². The third-order valence-corrected chi connectivity index (χ3v) is 4.65. The van der Waals surface area contributed by atoms with E-state index in [2.05, 4.69) is 32.1 Å². The fourth-order valence-corrected chi connectivity index (χ4v) is 3.11. The van der Waals surface area contributed by atoms with E-state index in [1.54, 1.807) is 32.4 Å². The van der Waals surface area contributed by atoms with Crippen LogP contribution in [0.2, 0.25) is 0 Å². The molecule has 4 rings (SSSR count). The van der Waals surface area contributed by atoms with Crippen LogP contribution in [0.5, 0.6) is 0 Å². The van der Waals surface area contributed by atoms with Gasteiger partial charge in [0, 0.05) is 30.0 Å². The van der Waals surface area contributed by atoms with Crippen molar-refractivity contribution in [2.45, 2.75) is 12.8 Å². The molecule has 2 N–H and O–H groups in total. The molecule has 0 radical (unpaired) electrons. The standard InChI is InChI=1S/C22H19N5O4/c1-30-17-7-3-5-14(11-17)23-21-22(24-15-6-4-8-18(12-15)31-2)26-20-13-16(27(28)29)9-10-19(20)25-21/h7-13H,3,5H2,1-2H3,(H,23,25)(H,24,26). The van der Waals surface area contributed by atoms with Crippen molar-refractivity contribution in [1.82, 2.24) is 9.97 Å². The number of methoxy groups -OCH3 is 2. The molecule has 156 valence electrons. The molecule has 0 amide bonds. The van der Waals surface area contributed by atoms with E-state index in [4.69, 9.17) is 9.47 Å². The summed E-state index contributed by atoms with van der Waals surface area (Å²) >= 11 is 0. The summed E-state index contributed by atoms with van der Waals surface area (Å²) in [5.74, 6) is 2.23. The van der Waals surface area contributed by atoms with Gasteiger partial charge in [0.15, 0.2) is 11.6 Å². The molecule has 0 spiro atoms. The monoisotopic (exact) mass is 417 g/mol. The minimum atomic E-state index is -0.462. The Kier molecular flexibility index (Phi) is 5.53. The molecule has 0 fully saturated rings. The predicted octanol–water partition coefficient (Wildman–Crippen LogP) is 4.31. The van der Waals surface area contributed by atoms with Gasteiger partial charge in [0.2, 0.25) is 0 Å². The first-order chi connectivity index (χ1) is 15.1. The lowest BCUT2D eigenvalue weighted by Gasteiger charge is -2.18. The Morgan fingerprint density at radius 1 is 1.06 bits per heavy atom. The van der Waals surface area contributed by atoms with E-state index in [0.717, 1.165) is 24.3 Å². The summed E-state index contributed by atoms with van der Waals surface area (Å²) < 4.78 is 10.6. The first-order valence-corrected chi connectivity index (χ1v) is 9.48. The maximum atomic E-state index is 11.2. The normalized spacial score (nSPS) is 14.9. The van der Waals surface area contributed by atoms with E-state index < -0.39 is 4.92 Å². The average Bonchev–Trinajstić information content (AvgIpc) is 2.79. The van der Waals surface area contributed by atoms with Crippen molar-refractivity contribution in [3.8, 4) is 0 Å². The summed E-state index contributed by atoms with van der Waals surface area (Å²) in [5.41, 5.74) is 8.17. The second kappa shape index (κ2) is 8.59. The molecule has 1 heterocycles. The maximum absolute atomic E-state index is 11.2. The predicted molar refractivity (Wildman–Crippen MR) is 116 cm³/mol. The number of nitro benzene ring substituents is 1. The van der Waals surface area contributed by atoms with Crippen LogP contribution in [0.3, 0.4) is 0 Å². The highest BCUT2D eigenvalue weighted by molar-refractivity contribution is 5.83. The molecule has 1 aromatic carbocycles. The third-order valence-electron chi connectivity index (χ3n) is 4.65. The van der Waals surface area contributed by atoms with Crippen LogP contribution in [0.25, 0.3) is 11.0 Å². The molecule has 0 saturated heterocycles. The van der Waals surface area contributed by atoms with E-state index in [9.17, 15) is 10.1 Å². The smallest absolute Gasteiger partial charge is 0.271 e. The zero-order valence-electron chi connectivity index (χ0n) is 16.9. The molecule has 2 aliphatic rings. The van der Waals surface area contributed by atoms with Crippen molar-refractivity contribution in [1.29, 1.82) is 0 Å². The molecule has 0 bridgehead atoms. The number of hydrogen-bond acceptors (Lipinski definition) is 8. The lowest BCUT2D eigenvalue weighted by atomic mass is 10.1. The number of non-ortho nitro benzene ring substituents is 1. The quantitative estimate of drug-likeness (QED) is 0.389. The lowest BCUT2D eigenvalue weighted by molar-refractivity contribution is -0.384. The van der Waals surface area contributed by atoms with Gasteiger partial charge in [-0.15, -0.1) is 0 Å². The molecule has 2 aromatic rings. The SMILES string of the molecule is COC1=CCCC(Nc2nc3ccc([N+](=O)[O-])cc3nc2NC2=C=C=CC(OC)=C2)=C1. The van der Waals surface area contributed by atoms with Crippen LogP contribution in [-0.4, -0.2) is 29.1 Å². The van der Waals surface area contributed by atoms with Gasteiger partial charge in [-0.2, -0.15) is 0 Å². The Hall–Kier alpha value is -4.32. The second-order valence-electron chi connectivity index (χ2n) is 6.70.